The molecule has 0 saturated heterocycles. The molecular formula is C19H18BrClF3N3O2S2. The molecule has 0 unspecified atom stereocenters. The number of aromatic nitrogens is 1. The zero-order chi connectivity index (χ0) is 22.3. The fraction of sp³-hybridized carbons (Fsp3) is 0.211. The largest absolute Gasteiger partial charge is 0.416 e. The summed E-state index contributed by atoms with van der Waals surface area (Å²) in [7, 11) is 0.779. The van der Waals surface area contributed by atoms with Crippen LogP contribution in [0.2, 0.25) is 5.02 Å². The van der Waals surface area contributed by atoms with Gasteiger partial charge in [-0.2, -0.15) is 13.2 Å². The summed E-state index contributed by atoms with van der Waals surface area (Å²) in [5, 5.41) is 1.85. The van der Waals surface area contributed by atoms with Crippen molar-refractivity contribution in [2.75, 3.05) is 14.1 Å². The molecule has 0 amide bonds. The molecule has 12 heteroatoms. The number of nitrogens with zero attached hydrogens (tertiary/aromatic N) is 3. The first-order valence-corrected chi connectivity index (χ1v) is 11.2. The Morgan fingerprint density at radius 3 is 2.42 bits per heavy atom. The summed E-state index contributed by atoms with van der Waals surface area (Å²) in [5.41, 5.74) is 0.627. The van der Waals surface area contributed by atoms with Gasteiger partial charge in [0.15, 0.2) is 4.80 Å². The molecule has 0 spiro atoms. The van der Waals surface area contributed by atoms with Crippen LogP contribution in [0.25, 0.3) is 11.3 Å². The molecule has 1 aromatic heterocycles. The van der Waals surface area contributed by atoms with Crippen molar-refractivity contribution in [3.05, 3.63) is 63.2 Å². The summed E-state index contributed by atoms with van der Waals surface area (Å²) >= 11 is 7.32. The first-order valence-electron chi connectivity index (χ1n) is 8.50. The van der Waals surface area contributed by atoms with Crippen LogP contribution in [0.3, 0.4) is 0 Å². The van der Waals surface area contributed by atoms with E-state index in [1.165, 1.54) is 49.7 Å². The second-order valence-corrected chi connectivity index (χ2v) is 9.92. The highest BCUT2D eigenvalue weighted by Crippen LogP contribution is 2.32. The van der Waals surface area contributed by atoms with E-state index in [1.807, 2.05) is 0 Å². The molecule has 0 saturated carbocycles. The smallest absolute Gasteiger partial charge is 0.320 e. The van der Waals surface area contributed by atoms with Gasteiger partial charge < -0.3 is 4.57 Å². The van der Waals surface area contributed by atoms with Crippen LogP contribution in [-0.4, -0.2) is 31.4 Å². The van der Waals surface area contributed by atoms with E-state index < -0.39 is 21.8 Å². The van der Waals surface area contributed by atoms with E-state index in [-0.39, 0.29) is 32.6 Å². The number of halogens is 5. The quantitative estimate of drug-likeness (QED) is 0.427. The second kappa shape index (κ2) is 9.45. The molecule has 0 aliphatic rings. The maximum Gasteiger partial charge on any atom is 0.416 e. The van der Waals surface area contributed by atoms with Gasteiger partial charge >= 0.3 is 6.18 Å². The predicted molar refractivity (Wildman–Crippen MR) is 122 cm³/mol. The Morgan fingerprint density at radius 2 is 1.81 bits per heavy atom. The lowest BCUT2D eigenvalue weighted by molar-refractivity contribution is -0.137. The minimum Gasteiger partial charge on any atom is -0.320 e. The van der Waals surface area contributed by atoms with Gasteiger partial charge in [0, 0.05) is 32.1 Å². The molecule has 3 rings (SSSR count). The van der Waals surface area contributed by atoms with E-state index in [2.05, 4.69) is 4.99 Å². The lowest BCUT2D eigenvalue weighted by atomic mass is 10.2. The van der Waals surface area contributed by atoms with Gasteiger partial charge in [-0.15, -0.1) is 28.3 Å². The Morgan fingerprint density at radius 1 is 1.13 bits per heavy atom. The van der Waals surface area contributed by atoms with Crippen molar-refractivity contribution in [2.24, 2.45) is 12.0 Å². The zero-order valence-electron chi connectivity index (χ0n) is 16.5. The molecule has 0 N–H and O–H groups in total. The Hall–Kier alpha value is -1.66. The van der Waals surface area contributed by atoms with Gasteiger partial charge in [0.1, 0.15) is 4.90 Å². The van der Waals surface area contributed by atoms with Crippen LogP contribution in [0, 0.1) is 0 Å². The molecule has 0 bridgehead atoms. The molecule has 0 atom stereocenters. The highest BCUT2D eigenvalue weighted by Gasteiger charge is 2.30. The number of hydrogen-bond donors (Lipinski definition) is 0. The second-order valence-electron chi connectivity index (χ2n) is 6.56. The zero-order valence-corrected chi connectivity index (χ0v) is 20.6. The van der Waals surface area contributed by atoms with Crippen LogP contribution in [0.15, 0.2) is 57.7 Å². The van der Waals surface area contributed by atoms with Gasteiger partial charge in [0.05, 0.1) is 22.0 Å². The van der Waals surface area contributed by atoms with Crippen LogP contribution in [0.5, 0.6) is 0 Å². The molecular weight excluding hydrogens is 539 g/mol. The molecule has 3 aromatic rings. The fourth-order valence-corrected chi connectivity index (χ4v) is 4.97. The molecule has 31 heavy (non-hydrogen) atoms. The van der Waals surface area contributed by atoms with Crippen LogP contribution in [0.1, 0.15) is 5.56 Å². The van der Waals surface area contributed by atoms with E-state index >= 15 is 0 Å². The Kier molecular flexibility index (Phi) is 7.81. The van der Waals surface area contributed by atoms with Gasteiger partial charge in [-0.05, 0) is 30.3 Å². The van der Waals surface area contributed by atoms with Crippen LogP contribution >= 0.6 is 39.9 Å². The molecule has 0 aliphatic heterocycles. The van der Waals surface area contributed by atoms with Gasteiger partial charge in [-0.1, -0.05) is 23.7 Å². The van der Waals surface area contributed by atoms with E-state index in [0.29, 0.717) is 16.1 Å². The van der Waals surface area contributed by atoms with E-state index in [0.717, 1.165) is 16.4 Å². The predicted octanol–water partition coefficient (Wildman–Crippen LogP) is 5.49. The van der Waals surface area contributed by atoms with Gasteiger partial charge in [-0.25, -0.2) is 17.7 Å². The maximum atomic E-state index is 12.9. The normalized spacial score (nSPS) is 12.8. The third kappa shape index (κ3) is 5.40. The number of rotatable bonds is 4. The Bertz CT molecular complexity index is 1270. The summed E-state index contributed by atoms with van der Waals surface area (Å²) in [6.45, 7) is 0. The molecule has 168 valence electrons. The number of sulfonamides is 1. The van der Waals surface area contributed by atoms with Crippen molar-refractivity contribution in [3.63, 3.8) is 0 Å². The summed E-state index contributed by atoms with van der Waals surface area (Å²) in [5.74, 6) is 0. The number of hydrogen-bond acceptors (Lipinski definition) is 4. The van der Waals surface area contributed by atoms with Crippen molar-refractivity contribution in [2.45, 2.75) is 11.1 Å². The molecule has 0 aliphatic carbocycles. The van der Waals surface area contributed by atoms with Crippen LogP contribution < -0.4 is 4.80 Å². The average Bonchev–Trinajstić information content (AvgIpc) is 3.02. The maximum absolute atomic E-state index is 12.9. The first-order chi connectivity index (χ1) is 13.9. The highest BCUT2D eigenvalue weighted by molar-refractivity contribution is 8.93. The summed E-state index contributed by atoms with van der Waals surface area (Å²) in [6.07, 6.45) is -4.45. The van der Waals surface area contributed by atoms with E-state index in [9.17, 15) is 21.6 Å². The van der Waals surface area contributed by atoms with Crippen LogP contribution in [0.4, 0.5) is 18.9 Å². The van der Waals surface area contributed by atoms with Gasteiger partial charge in [0.2, 0.25) is 10.0 Å². The molecule has 2 aromatic carbocycles. The van der Waals surface area contributed by atoms with Crippen molar-refractivity contribution in [3.8, 4) is 11.3 Å². The van der Waals surface area contributed by atoms with E-state index in [1.54, 1.807) is 23.1 Å². The summed E-state index contributed by atoms with van der Waals surface area (Å²) < 4.78 is 66.5. The van der Waals surface area contributed by atoms with E-state index in [4.69, 9.17) is 11.6 Å². The molecule has 0 radical (unpaired) electrons. The summed E-state index contributed by atoms with van der Waals surface area (Å²) in [6, 6.07) is 9.38. The Labute approximate surface area is 197 Å². The minimum absolute atomic E-state index is 0. The van der Waals surface area contributed by atoms with Crippen LogP contribution in [-0.2, 0) is 23.2 Å². The molecule has 0 fully saturated rings. The van der Waals surface area contributed by atoms with Crippen molar-refractivity contribution >= 4 is 55.6 Å². The third-order valence-electron chi connectivity index (χ3n) is 4.31. The first kappa shape index (κ1) is 25.6. The number of thiazole rings is 1. The topological polar surface area (TPSA) is 54.7 Å². The average molecular weight is 557 g/mol. The standard InChI is InChI=1S/C19H17ClF3N3O2S2.BrH/c1-25(2)30(27,28)17-9-12(7-8-15(17)20)16-11-29-18(26(16)3)24-14-6-4-5-13(10-14)19(21,22)23;/h4-11H,1-3H3;1H/b24-18+;. The molecule has 1 heterocycles. The van der Waals surface area contributed by atoms with Gasteiger partial charge in [0.25, 0.3) is 0 Å². The third-order valence-corrected chi connectivity index (χ3v) is 7.52. The summed E-state index contributed by atoms with van der Waals surface area (Å²) in [4.78, 5) is 4.73. The lowest BCUT2D eigenvalue weighted by Gasteiger charge is -2.14. The Balaban J connectivity index is 0.00000341. The van der Waals surface area contributed by atoms with Crippen molar-refractivity contribution < 1.29 is 21.6 Å². The number of benzene rings is 2. The molecule has 5 nitrogen and oxygen atoms in total. The number of alkyl halides is 3. The fourth-order valence-electron chi connectivity index (χ4n) is 2.65. The monoisotopic (exact) mass is 555 g/mol. The minimum atomic E-state index is -4.45. The van der Waals surface area contributed by atoms with Crippen molar-refractivity contribution in [1.82, 2.24) is 8.87 Å². The highest BCUT2D eigenvalue weighted by atomic mass is 79.9. The lowest BCUT2D eigenvalue weighted by Crippen LogP contribution is -2.22. The van der Waals surface area contributed by atoms with Gasteiger partial charge in [-0.3, -0.25) is 0 Å². The van der Waals surface area contributed by atoms with Crippen molar-refractivity contribution in [1.29, 1.82) is 0 Å². The SMILES string of the molecule is Br.CN(C)S(=O)(=O)c1cc(-c2cs/c(=N/c3cccc(C(F)(F)F)c3)n2C)ccc1Cl.